The number of nitrogens with zero attached hydrogens (tertiary/aromatic N) is 2. The molecule has 1 aromatic heterocycles. The van der Waals surface area contributed by atoms with Gasteiger partial charge in [-0.2, -0.15) is 4.98 Å². The maximum Gasteiger partial charge on any atom is 0.267 e. The minimum absolute atomic E-state index is 0.137. The summed E-state index contributed by atoms with van der Waals surface area (Å²) in [5, 5.41) is 6.58. The second-order valence-corrected chi connectivity index (χ2v) is 5.57. The Balaban J connectivity index is 1.63. The number of amides is 1. The van der Waals surface area contributed by atoms with E-state index in [0.29, 0.717) is 29.4 Å². The van der Waals surface area contributed by atoms with Crippen LogP contribution in [0.1, 0.15) is 40.7 Å². The molecule has 0 fully saturated rings. The summed E-state index contributed by atoms with van der Waals surface area (Å²) in [5.41, 5.74) is 1.69. The van der Waals surface area contributed by atoms with Gasteiger partial charge in [-0.3, -0.25) is 4.79 Å². The monoisotopic (exact) mass is 337 g/mol. The molecule has 25 heavy (non-hydrogen) atoms. The number of nitrogens with one attached hydrogen (secondary N) is 1. The highest BCUT2D eigenvalue weighted by Gasteiger charge is 2.16. The van der Waals surface area contributed by atoms with Gasteiger partial charge in [-0.05, 0) is 36.8 Å². The molecule has 0 aliphatic heterocycles. The fourth-order valence-corrected chi connectivity index (χ4v) is 2.37. The zero-order valence-corrected chi connectivity index (χ0v) is 14.1. The Morgan fingerprint density at radius 1 is 1.16 bits per heavy atom. The van der Waals surface area contributed by atoms with Crippen LogP contribution in [0.2, 0.25) is 0 Å². The molecule has 0 aliphatic rings. The maximum absolute atomic E-state index is 11.5. The molecule has 0 saturated heterocycles. The number of benzene rings is 2. The highest BCUT2D eigenvalue weighted by atomic mass is 16.5. The zero-order valence-electron chi connectivity index (χ0n) is 14.1. The second kappa shape index (κ2) is 7.61. The number of ether oxygens (including phenoxy) is 1. The van der Waals surface area contributed by atoms with Crippen molar-refractivity contribution in [2.75, 3.05) is 7.05 Å². The molecule has 6 heteroatoms. The third kappa shape index (κ3) is 4.23. The first-order valence-electron chi connectivity index (χ1n) is 8.01. The Hall–Kier alpha value is -3.15. The highest BCUT2D eigenvalue weighted by Crippen LogP contribution is 2.21. The summed E-state index contributed by atoms with van der Waals surface area (Å²) >= 11 is 0. The smallest absolute Gasteiger partial charge is 0.267 e. The average Bonchev–Trinajstić information content (AvgIpc) is 3.11. The van der Waals surface area contributed by atoms with E-state index in [-0.39, 0.29) is 12.0 Å². The van der Waals surface area contributed by atoms with Crippen LogP contribution in [0, 0.1) is 0 Å². The molecule has 128 valence electrons. The van der Waals surface area contributed by atoms with E-state index in [9.17, 15) is 4.79 Å². The third-order valence-corrected chi connectivity index (χ3v) is 3.69. The molecule has 0 aliphatic carbocycles. The third-order valence-electron chi connectivity index (χ3n) is 3.69. The van der Waals surface area contributed by atoms with Gasteiger partial charge in [0.05, 0.1) is 0 Å². The Kier molecular flexibility index (Phi) is 5.09. The topological polar surface area (TPSA) is 77.2 Å². The van der Waals surface area contributed by atoms with E-state index in [4.69, 9.17) is 9.26 Å². The molecule has 0 bridgehead atoms. The van der Waals surface area contributed by atoms with Gasteiger partial charge >= 0.3 is 0 Å². The van der Waals surface area contributed by atoms with Gasteiger partial charge in [-0.1, -0.05) is 35.5 Å². The molecular formula is C19H19N3O3. The molecule has 3 aromatic rings. The van der Waals surface area contributed by atoms with Crippen LogP contribution in [0.4, 0.5) is 0 Å². The lowest BCUT2D eigenvalue weighted by Crippen LogP contribution is -2.17. The number of carbonyl (C=O) groups is 1. The Bertz CT molecular complexity index is 829. The van der Waals surface area contributed by atoms with Crippen molar-refractivity contribution >= 4 is 5.91 Å². The van der Waals surface area contributed by atoms with Crippen molar-refractivity contribution in [1.82, 2.24) is 15.5 Å². The summed E-state index contributed by atoms with van der Waals surface area (Å²) in [5.74, 6) is 1.53. The lowest BCUT2D eigenvalue weighted by atomic mass is 10.1. The number of hydrogen-bond acceptors (Lipinski definition) is 5. The summed E-state index contributed by atoms with van der Waals surface area (Å²) in [6, 6.07) is 16.8. The molecule has 0 unspecified atom stereocenters. The lowest BCUT2D eigenvalue weighted by Gasteiger charge is -2.11. The SMILES string of the molecule is CNC(=O)c1ccc(O[C@@H](C)c2nc(Cc3ccccc3)no2)cc1. The van der Waals surface area contributed by atoms with Crippen molar-refractivity contribution in [3.8, 4) is 5.75 Å². The van der Waals surface area contributed by atoms with Crippen LogP contribution in [-0.4, -0.2) is 23.1 Å². The predicted molar refractivity (Wildman–Crippen MR) is 92.4 cm³/mol. The van der Waals surface area contributed by atoms with Crippen molar-refractivity contribution in [3.63, 3.8) is 0 Å². The van der Waals surface area contributed by atoms with E-state index in [1.54, 1.807) is 31.3 Å². The van der Waals surface area contributed by atoms with Crippen LogP contribution < -0.4 is 10.1 Å². The molecule has 0 saturated carbocycles. The first-order valence-corrected chi connectivity index (χ1v) is 8.01. The van der Waals surface area contributed by atoms with Crippen molar-refractivity contribution in [2.24, 2.45) is 0 Å². The summed E-state index contributed by atoms with van der Waals surface area (Å²) < 4.78 is 11.1. The zero-order chi connectivity index (χ0) is 17.6. The molecule has 6 nitrogen and oxygen atoms in total. The first-order chi connectivity index (χ1) is 12.2. The minimum atomic E-state index is -0.386. The maximum atomic E-state index is 11.5. The number of aromatic nitrogens is 2. The van der Waals surface area contributed by atoms with Gasteiger partial charge in [0.15, 0.2) is 11.9 Å². The van der Waals surface area contributed by atoms with Crippen LogP contribution in [0.25, 0.3) is 0 Å². The molecule has 1 atom stereocenters. The van der Waals surface area contributed by atoms with Crippen molar-refractivity contribution in [1.29, 1.82) is 0 Å². The molecule has 2 aromatic carbocycles. The predicted octanol–water partition coefficient (Wildman–Crippen LogP) is 3.16. The quantitative estimate of drug-likeness (QED) is 0.747. The molecule has 1 amide bonds. The standard InChI is InChI=1S/C19H19N3O3/c1-13(24-16-10-8-15(9-11-16)18(23)20-2)19-21-17(22-25-19)12-14-6-4-3-5-7-14/h3-11,13H,12H2,1-2H3,(H,20,23)/t13-/m0/s1. The first kappa shape index (κ1) is 16.7. The van der Waals surface area contributed by atoms with Crippen LogP contribution in [-0.2, 0) is 6.42 Å². The summed E-state index contributed by atoms with van der Waals surface area (Å²) in [6.07, 6.45) is 0.223. The number of rotatable bonds is 6. The van der Waals surface area contributed by atoms with Gasteiger partial charge in [0, 0.05) is 19.0 Å². The Labute approximate surface area is 145 Å². The van der Waals surface area contributed by atoms with E-state index >= 15 is 0 Å². The Morgan fingerprint density at radius 3 is 2.56 bits per heavy atom. The molecule has 1 heterocycles. The summed E-state index contributed by atoms with van der Waals surface area (Å²) in [4.78, 5) is 15.9. The average molecular weight is 337 g/mol. The van der Waals surface area contributed by atoms with E-state index in [0.717, 1.165) is 5.56 Å². The van der Waals surface area contributed by atoms with Crippen LogP contribution in [0.3, 0.4) is 0 Å². The van der Waals surface area contributed by atoms with E-state index in [2.05, 4.69) is 15.5 Å². The van der Waals surface area contributed by atoms with E-state index in [1.807, 2.05) is 37.3 Å². The molecule has 3 rings (SSSR count). The Morgan fingerprint density at radius 2 is 1.88 bits per heavy atom. The fraction of sp³-hybridized carbons (Fsp3) is 0.211. The van der Waals surface area contributed by atoms with Crippen LogP contribution in [0.5, 0.6) is 5.75 Å². The lowest BCUT2D eigenvalue weighted by molar-refractivity contribution is 0.0963. The molecule has 0 radical (unpaired) electrons. The van der Waals surface area contributed by atoms with Gasteiger partial charge in [-0.25, -0.2) is 0 Å². The summed E-state index contributed by atoms with van der Waals surface area (Å²) in [7, 11) is 1.59. The number of hydrogen-bond donors (Lipinski definition) is 1. The van der Waals surface area contributed by atoms with Gasteiger partial charge in [0.2, 0.25) is 0 Å². The molecule has 1 N–H and O–H groups in total. The van der Waals surface area contributed by atoms with Crippen molar-refractivity contribution < 1.29 is 14.1 Å². The van der Waals surface area contributed by atoms with E-state index < -0.39 is 0 Å². The van der Waals surface area contributed by atoms with Gasteiger partial charge in [0.25, 0.3) is 11.8 Å². The van der Waals surface area contributed by atoms with Gasteiger partial charge in [-0.15, -0.1) is 0 Å². The highest BCUT2D eigenvalue weighted by molar-refractivity contribution is 5.94. The van der Waals surface area contributed by atoms with Crippen LogP contribution >= 0.6 is 0 Å². The number of carbonyl (C=O) groups excluding carboxylic acids is 1. The van der Waals surface area contributed by atoms with E-state index in [1.165, 1.54) is 0 Å². The van der Waals surface area contributed by atoms with Crippen molar-refractivity contribution in [2.45, 2.75) is 19.4 Å². The summed E-state index contributed by atoms with van der Waals surface area (Å²) in [6.45, 7) is 1.84. The normalized spacial score (nSPS) is 11.8. The second-order valence-electron chi connectivity index (χ2n) is 5.57. The molecular weight excluding hydrogens is 318 g/mol. The minimum Gasteiger partial charge on any atom is -0.481 e. The largest absolute Gasteiger partial charge is 0.481 e. The van der Waals surface area contributed by atoms with Gasteiger partial charge in [0.1, 0.15) is 5.75 Å². The fourth-order valence-electron chi connectivity index (χ4n) is 2.37. The molecule has 0 spiro atoms. The van der Waals surface area contributed by atoms with Crippen molar-refractivity contribution in [3.05, 3.63) is 77.4 Å². The van der Waals surface area contributed by atoms with Crippen LogP contribution in [0.15, 0.2) is 59.1 Å². The van der Waals surface area contributed by atoms with Gasteiger partial charge < -0.3 is 14.6 Å².